The number of hydrogen-bond donors (Lipinski definition) is 1. The van der Waals surface area contributed by atoms with Crippen LogP contribution in [0.1, 0.15) is 30.9 Å². The van der Waals surface area contributed by atoms with Crippen LogP contribution in [-0.4, -0.2) is 42.9 Å². The Morgan fingerprint density at radius 2 is 2.12 bits per heavy atom. The van der Waals surface area contributed by atoms with Crippen LogP contribution < -0.4 is 10.1 Å². The quantitative estimate of drug-likeness (QED) is 0.608. The summed E-state index contributed by atoms with van der Waals surface area (Å²) in [7, 11) is 1.67. The highest BCUT2D eigenvalue weighted by Gasteiger charge is 2.42. The summed E-state index contributed by atoms with van der Waals surface area (Å²) in [4.78, 5) is 25.6. The zero-order chi connectivity index (χ0) is 18.7. The van der Waals surface area contributed by atoms with Gasteiger partial charge in [-0.25, -0.2) is 0 Å². The van der Waals surface area contributed by atoms with E-state index in [9.17, 15) is 9.59 Å². The van der Waals surface area contributed by atoms with E-state index in [2.05, 4.69) is 17.4 Å². The van der Waals surface area contributed by atoms with Gasteiger partial charge < -0.3 is 9.47 Å². The van der Waals surface area contributed by atoms with Crippen molar-refractivity contribution in [2.75, 3.05) is 20.3 Å². The number of hydrogen-bond acceptors (Lipinski definition) is 6. The van der Waals surface area contributed by atoms with Gasteiger partial charge in [-0.1, -0.05) is 18.3 Å². The molecule has 1 aromatic rings. The lowest BCUT2D eigenvalue weighted by atomic mass is 9.79. The van der Waals surface area contributed by atoms with Crippen molar-refractivity contribution in [2.24, 2.45) is 11.8 Å². The maximum absolute atomic E-state index is 12.9. The number of rotatable bonds is 6. The molecule has 3 rings (SSSR count). The first-order valence-electron chi connectivity index (χ1n) is 9.14. The van der Waals surface area contributed by atoms with E-state index in [1.165, 1.54) is 11.1 Å². The van der Waals surface area contributed by atoms with Gasteiger partial charge >= 0.3 is 5.97 Å². The van der Waals surface area contributed by atoms with Crippen molar-refractivity contribution >= 4 is 28.8 Å². The van der Waals surface area contributed by atoms with Crippen LogP contribution in [0.2, 0.25) is 0 Å². The molecular formula is C20H25NO4S. The van der Waals surface area contributed by atoms with Gasteiger partial charge in [0.05, 0.1) is 19.6 Å². The molecule has 1 aromatic carbocycles. The molecule has 6 heteroatoms. The van der Waals surface area contributed by atoms with E-state index in [0.29, 0.717) is 24.4 Å². The first kappa shape index (κ1) is 19.0. The van der Waals surface area contributed by atoms with Crippen LogP contribution >= 0.6 is 12.2 Å². The Morgan fingerprint density at radius 3 is 2.85 bits per heavy atom. The number of ether oxygens (including phenoxy) is 2. The van der Waals surface area contributed by atoms with Gasteiger partial charge in [-0.15, -0.1) is 0 Å². The predicted molar refractivity (Wildman–Crippen MR) is 103 cm³/mol. The lowest BCUT2D eigenvalue weighted by Crippen LogP contribution is -2.41. The predicted octanol–water partition coefficient (Wildman–Crippen LogP) is 2.28. The molecule has 1 saturated heterocycles. The molecular weight excluding hydrogens is 350 g/mol. The van der Waals surface area contributed by atoms with Crippen molar-refractivity contribution in [1.29, 1.82) is 0 Å². The maximum Gasteiger partial charge on any atom is 0.324 e. The highest BCUT2D eigenvalue weighted by atomic mass is 32.1. The number of aryl methyl sites for hydroxylation is 1. The van der Waals surface area contributed by atoms with Gasteiger partial charge in [-0.3, -0.25) is 14.9 Å². The van der Waals surface area contributed by atoms with Crippen LogP contribution in [0.4, 0.5) is 0 Å². The van der Waals surface area contributed by atoms with Crippen LogP contribution in [0.25, 0.3) is 0 Å². The van der Waals surface area contributed by atoms with E-state index in [0.717, 1.165) is 25.0 Å². The molecule has 0 saturated carbocycles. The number of ketones is 1. The van der Waals surface area contributed by atoms with Gasteiger partial charge in [0, 0.05) is 17.8 Å². The highest BCUT2D eigenvalue weighted by molar-refractivity contribution is 7.80. The third-order valence-corrected chi connectivity index (χ3v) is 5.70. The third kappa shape index (κ3) is 3.96. The first-order valence-corrected chi connectivity index (χ1v) is 9.55. The molecule has 2 unspecified atom stereocenters. The van der Waals surface area contributed by atoms with Crippen LogP contribution in [0, 0.1) is 11.8 Å². The molecule has 0 aromatic heterocycles. The standard InChI is InChI=1S/C20H25NO4S/c1-3-25-20(23)19-18(17(26)11-21-19)16(22)9-12-4-5-14-10-15(24-2)7-6-13(14)8-12/h6-7,10,12,18-19,21H,3-5,8-9,11H2,1-2H3/t12?,18?,19-/m0/s1. The fourth-order valence-corrected chi connectivity index (χ4v) is 4.31. The fraction of sp³-hybridized carbons (Fsp3) is 0.550. The zero-order valence-electron chi connectivity index (χ0n) is 15.2. The van der Waals surface area contributed by atoms with Gasteiger partial charge in [-0.05, 0) is 55.4 Å². The zero-order valence-corrected chi connectivity index (χ0v) is 16.1. The van der Waals surface area contributed by atoms with Crippen LogP contribution in [0.3, 0.4) is 0 Å². The Hall–Kier alpha value is -1.79. The van der Waals surface area contributed by atoms with E-state index in [1.54, 1.807) is 14.0 Å². The number of carbonyl (C=O) groups is 2. The van der Waals surface area contributed by atoms with E-state index >= 15 is 0 Å². The van der Waals surface area contributed by atoms with Crippen molar-refractivity contribution in [3.63, 3.8) is 0 Å². The van der Waals surface area contributed by atoms with Crippen molar-refractivity contribution in [1.82, 2.24) is 5.32 Å². The first-order chi connectivity index (χ1) is 12.5. The number of Topliss-reactive ketones (excluding diaryl/α,β-unsaturated/α-hetero) is 1. The van der Waals surface area contributed by atoms with Gasteiger partial charge in [0.2, 0.25) is 0 Å². The number of methoxy groups -OCH3 is 1. The van der Waals surface area contributed by atoms with Gasteiger partial charge in [0.15, 0.2) is 0 Å². The summed E-state index contributed by atoms with van der Waals surface area (Å²) in [6.07, 6.45) is 3.23. The van der Waals surface area contributed by atoms with Gasteiger partial charge in [0.25, 0.3) is 0 Å². The van der Waals surface area contributed by atoms with Crippen molar-refractivity contribution in [3.05, 3.63) is 29.3 Å². The molecule has 1 heterocycles. The minimum Gasteiger partial charge on any atom is -0.497 e. The molecule has 1 fully saturated rings. The average molecular weight is 375 g/mol. The molecule has 1 N–H and O–H groups in total. The molecule has 0 amide bonds. The van der Waals surface area contributed by atoms with Gasteiger partial charge in [-0.2, -0.15) is 0 Å². The molecule has 0 radical (unpaired) electrons. The second-order valence-corrected chi connectivity index (χ2v) is 7.49. The molecule has 3 atom stereocenters. The Balaban J connectivity index is 1.65. The molecule has 2 aliphatic rings. The molecule has 140 valence electrons. The lowest BCUT2D eigenvalue weighted by molar-refractivity contribution is -0.147. The maximum atomic E-state index is 12.9. The topological polar surface area (TPSA) is 64.6 Å². The molecule has 26 heavy (non-hydrogen) atoms. The minimum absolute atomic E-state index is 0.0556. The Labute approximate surface area is 159 Å². The van der Waals surface area contributed by atoms with Crippen LogP contribution in [0.15, 0.2) is 18.2 Å². The molecule has 5 nitrogen and oxygen atoms in total. The van der Waals surface area contributed by atoms with E-state index in [1.807, 2.05) is 6.07 Å². The second-order valence-electron chi connectivity index (χ2n) is 6.97. The average Bonchev–Trinajstić information content (AvgIpc) is 3.03. The number of nitrogens with one attached hydrogen (secondary N) is 1. The van der Waals surface area contributed by atoms with Crippen LogP contribution in [-0.2, 0) is 27.2 Å². The Kier molecular flexibility index (Phi) is 6.04. The fourth-order valence-electron chi connectivity index (χ4n) is 3.96. The van der Waals surface area contributed by atoms with Crippen LogP contribution in [0.5, 0.6) is 5.75 Å². The Bertz CT molecular complexity index is 718. The number of carbonyl (C=O) groups excluding carboxylic acids is 2. The summed E-state index contributed by atoms with van der Waals surface area (Å²) in [5, 5.41) is 3.04. The van der Waals surface area contributed by atoms with Crippen molar-refractivity contribution < 1.29 is 19.1 Å². The molecule has 0 spiro atoms. The lowest BCUT2D eigenvalue weighted by Gasteiger charge is -2.26. The summed E-state index contributed by atoms with van der Waals surface area (Å²) in [5.74, 6) is 0.292. The monoisotopic (exact) mass is 375 g/mol. The number of benzene rings is 1. The summed E-state index contributed by atoms with van der Waals surface area (Å²) in [6, 6.07) is 5.51. The number of fused-ring (bicyclic) bond motifs is 1. The van der Waals surface area contributed by atoms with E-state index < -0.39 is 12.0 Å². The summed E-state index contributed by atoms with van der Waals surface area (Å²) in [6.45, 7) is 2.48. The number of thiocarbonyl (C=S) groups is 1. The van der Waals surface area contributed by atoms with E-state index in [4.69, 9.17) is 21.7 Å². The van der Waals surface area contributed by atoms with Crippen molar-refractivity contribution in [2.45, 2.75) is 38.6 Å². The molecule has 1 aliphatic heterocycles. The minimum atomic E-state index is -0.630. The van der Waals surface area contributed by atoms with E-state index in [-0.39, 0.29) is 17.7 Å². The van der Waals surface area contributed by atoms with Crippen molar-refractivity contribution in [3.8, 4) is 5.75 Å². The second kappa shape index (κ2) is 8.27. The normalized spacial score (nSPS) is 24.8. The summed E-state index contributed by atoms with van der Waals surface area (Å²) < 4.78 is 10.4. The van der Waals surface area contributed by atoms with Gasteiger partial charge in [0.1, 0.15) is 17.6 Å². The SMILES string of the molecule is CCOC(=O)[C@H]1NCC(=S)C1C(=O)CC1CCc2cc(OC)ccc2C1. The number of esters is 1. The summed E-state index contributed by atoms with van der Waals surface area (Å²) in [5.41, 5.74) is 2.58. The highest BCUT2D eigenvalue weighted by Crippen LogP contribution is 2.31. The molecule has 1 aliphatic carbocycles. The smallest absolute Gasteiger partial charge is 0.324 e. The third-order valence-electron chi connectivity index (χ3n) is 5.30. The largest absolute Gasteiger partial charge is 0.497 e. The molecule has 0 bridgehead atoms. The Morgan fingerprint density at radius 1 is 1.31 bits per heavy atom. The summed E-state index contributed by atoms with van der Waals surface area (Å²) >= 11 is 5.35.